The summed E-state index contributed by atoms with van der Waals surface area (Å²) in [7, 11) is 3.82. The molecule has 4 nitrogen and oxygen atoms in total. The predicted molar refractivity (Wildman–Crippen MR) is 78.7 cm³/mol. The van der Waals surface area contributed by atoms with Crippen molar-refractivity contribution in [2.24, 2.45) is 0 Å². The third-order valence-electron chi connectivity index (χ3n) is 3.24. The zero-order valence-corrected chi connectivity index (χ0v) is 12.2. The van der Waals surface area contributed by atoms with E-state index in [-0.39, 0.29) is 0 Å². The van der Waals surface area contributed by atoms with Gasteiger partial charge < -0.3 is 14.2 Å². The van der Waals surface area contributed by atoms with Gasteiger partial charge in [0.05, 0.1) is 23.5 Å². The number of aromatic nitrogens is 2. The lowest BCUT2D eigenvalue weighted by Crippen LogP contribution is -2.27. The Balaban J connectivity index is 2.10. The van der Waals surface area contributed by atoms with Gasteiger partial charge in [-0.05, 0) is 19.2 Å². The van der Waals surface area contributed by atoms with Crippen molar-refractivity contribution in [1.29, 1.82) is 0 Å². The van der Waals surface area contributed by atoms with Crippen LogP contribution in [-0.2, 0) is 17.2 Å². The highest BCUT2D eigenvalue weighted by Gasteiger charge is 2.09. The van der Waals surface area contributed by atoms with Gasteiger partial charge in [0.25, 0.3) is 0 Å². The van der Waals surface area contributed by atoms with Crippen LogP contribution in [0.1, 0.15) is 5.82 Å². The van der Waals surface area contributed by atoms with E-state index in [9.17, 15) is 0 Å². The fraction of sp³-hybridized carbons (Fsp3) is 0.500. The molecule has 0 aliphatic carbocycles. The normalized spacial score (nSPS) is 11.6. The van der Waals surface area contributed by atoms with Crippen LogP contribution in [0.2, 0.25) is 0 Å². The van der Waals surface area contributed by atoms with E-state index in [0.717, 1.165) is 43.1 Å². The first kappa shape index (κ1) is 14.3. The van der Waals surface area contributed by atoms with Gasteiger partial charge in [-0.15, -0.1) is 11.6 Å². The zero-order valence-electron chi connectivity index (χ0n) is 11.5. The lowest BCUT2D eigenvalue weighted by atomic mass is 10.3. The van der Waals surface area contributed by atoms with E-state index in [1.807, 2.05) is 18.2 Å². The number of alkyl halides is 1. The molecule has 0 aliphatic heterocycles. The summed E-state index contributed by atoms with van der Waals surface area (Å²) in [5.41, 5.74) is 2.16. The molecule has 2 rings (SSSR count). The van der Waals surface area contributed by atoms with E-state index < -0.39 is 0 Å². The van der Waals surface area contributed by atoms with E-state index in [4.69, 9.17) is 16.3 Å². The summed E-state index contributed by atoms with van der Waals surface area (Å²) in [5.74, 6) is 1.37. The summed E-state index contributed by atoms with van der Waals surface area (Å²) in [6.07, 6.45) is 0. The first-order valence-electron chi connectivity index (χ1n) is 6.44. The third kappa shape index (κ3) is 3.47. The van der Waals surface area contributed by atoms with Crippen molar-refractivity contribution < 1.29 is 4.74 Å². The van der Waals surface area contributed by atoms with Crippen LogP contribution in [0.4, 0.5) is 0 Å². The van der Waals surface area contributed by atoms with Gasteiger partial charge >= 0.3 is 0 Å². The number of benzene rings is 1. The minimum absolute atomic E-state index is 0.441. The van der Waals surface area contributed by atoms with Gasteiger partial charge in [-0.25, -0.2) is 4.98 Å². The number of hydrogen-bond donors (Lipinski definition) is 0. The Morgan fingerprint density at radius 3 is 2.84 bits per heavy atom. The molecule has 104 valence electrons. The van der Waals surface area contributed by atoms with E-state index in [1.165, 1.54) is 0 Å². The molecule has 0 unspecified atom stereocenters. The maximum absolute atomic E-state index is 5.99. The molecule has 2 aromatic rings. The minimum Gasteiger partial charge on any atom is -0.383 e. The number of hydrogen-bond acceptors (Lipinski definition) is 3. The van der Waals surface area contributed by atoms with Crippen LogP contribution in [0.3, 0.4) is 0 Å². The average molecular weight is 282 g/mol. The smallest absolute Gasteiger partial charge is 0.124 e. The Hall–Kier alpha value is -1.10. The molecular weight excluding hydrogens is 262 g/mol. The monoisotopic (exact) mass is 281 g/mol. The molecule has 0 saturated heterocycles. The average Bonchev–Trinajstić information content (AvgIpc) is 2.80. The molecule has 1 aromatic heterocycles. The first-order chi connectivity index (χ1) is 9.26. The fourth-order valence-corrected chi connectivity index (χ4v) is 2.31. The summed E-state index contributed by atoms with van der Waals surface area (Å²) >= 11 is 5.99. The highest BCUT2D eigenvalue weighted by atomic mass is 35.5. The van der Waals surface area contributed by atoms with E-state index in [2.05, 4.69) is 27.6 Å². The molecule has 1 heterocycles. The Morgan fingerprint density at radius 2 is 2.11 bits per heavy atom. The van der Waals surface area contributed by atoms with E-state index in [1.54, 1.807) is 7.11 Å². The third-order valence-corrected chi connectivity index (χ3v) is 3.47. The summed E-state index contributed by atoms with van der Waals surface area (Å²) < 4.78 is 7.28. The Kier molecular flexibility index (Phi) is 5.19. The van der Waals surface area contributed by atoms with E-state index in [0.29, 0.717) is 5.88 Å². The highest BCUT2D eigenvalue weighted by molar-refractivity contribution is 6.16. The minimum atomic E-state index is 0.441. The molecule has 0 fully saturated rings. The van der Waals surface area contributed by atoms with Crippen LogP contribution in [0.5, 0.6) is 0 Å². The van der Waals surface area contributed by atoms with Crippen molar-refractivity contribution in [3.8, 4) is 0 Å². The topological polar surface area (TPSA) is 30.3 Å². The van der Waals surface area contributed by atoms with Crippen molar-refractivity contribution in [3.05, 3.63) is 30.1 Å². The van der Waals surface area contributed by atoms with Crippen molar-refractivity contribution >= 4 is 22.6 Å². The predicted octanol–water partition coefficient (Wildman–Crippen LogP) is 2.35. The molecule has 1 aromatic carbocycles. The lowest BCUT2D eigenvalue weighted by molar-refractivity contribution is 0.159. The molecule has 0 bridgehead atoms. The number of nitrogens with zero attached hydrogens (tertiary/aromatic N) is 3. The Morgan fingerprint density at radius 1 is 1.32 bits per heavy atom. The van der Waals surface area contributed by atoms with E-state index >= 15 is 0 Å². The number of methoxy groups -OCH3 is 1. The maximum Gasteiger partial charge on any atom is 0.124 e. The number of halogens is 1. The van der Waals surface area contributed by atoms with Gasteiger partial charge in [0.1, 0.15) is 5.82 Å². The van der Waals surface area contributed by atoms with Gasteiger partial charge in [-0.3, -0.25) is 0 Å². The SMILES string of the molecule is COCCN(C)CCn1c(CCl)nc2ccccc21. The summed E-state index contributed by atoms with van der Waals surface area (Å²) in [5, 5.41) is 0. The highest BCUT2D eigenvalue weighted by Crippen LogP contribution is 2.17. The van der Waals surface area contributed by atoms with Crippen molar-refractivity contribution in [1.82, 2.24) is 14.5 Å². The van der Waals surface area contributed by atoms with Crippen LogP contribution in [0.15, 0.2) is 24.3 Å². The summed E-state index contributed by atoms with van der Waals surface area (Å²) in [6.45, 7) is 3.53. The number of para-hydroxylation sites is 2. The lowest BCUT2D eigenvalue weighted by Gasteiger charge is -2.17. The molecular formula is C14H20ClN3O. The van der Waals surface area contributed by atoms with Crippen molar-refractivity contribution in [2.75, 3.05) is 33.9 Å². The first-order valence-corrected chi connectivity index (χ1v) is 6.97. The molecule has 19 heavy (non-hydrogen) atoms. The van der Waals surface area contributed by atoms with Crippen LogP contribution in [0.25, 0.3) is 11.0 Å². The summed E-state index contributed by atoms with van der Waals surface area (Å²) in [6, 6.07) is 8.15. The number of imidazole rings is 1. The second-order valence-corrected chi connectivity index (χ2v) is 4.87. The van der Waals surface area contributed by atoms with Gasteiger partial charge in [-0.2, -0.15) is 0 Å². The molecule has 0 amide bonds. The molecule has 5 heteroatoms. The quantitative estimate of drug-likeness (QED) is 0.730. The second-order valence-electron chi connectivity index (χ2n) is 4.60. The van der Waals surface area contributed by atoms with Gasteiger partial charge in [0, 0.05) is 26.7 Å². The van der Waals surface area contributed by atoms with Crippen LogP contribution in [-0.4, -0.2) is 48.3 Å². The number of rotatable bonds is 7. The molecule has 0 saturated carbocycles. The van der Waals surface area contributed by atoms with Gasteiger partial charge in [0.2, 0.25) is 0 Å². The van der Waals surface area contributed by atoms with Gasteiger partial charge in [0.15, 0.2) is 0 Å². The second kappa shape index (κ2) is 6.89. The van der Waals surface area contributed by atoms with Crippen molar-refractivity contribution in [2.45, 2.75) is 12.4 Å². The molecule has 0 N–H and O–H groups in total. The van der Waals surface area contributed by atoms with Crippen LogP contribution >= 0.6 is 11.6 Å². The van der Waals surface area contributed by atoms with Crippen LogP contribution in [0, 0.1) is 0 Å². The molecule has 0 atom stereocenters. The molecule has 0 aliphatic rings. The maximum atomic E-state index is 5.99. The number of likely N-dealkylation sites (N-methyl/N-ethyl adjacent to an activating group) is 1. The van der Waals surface area contributed by atoms with Crippen molar-refractivity contribution in [3.63, 3.8) is 0 Å². The standard InChI is InChI=1S/C14H20ClN3O/c1-17(9-10-19-2)7-8-18-13-6-4-3-5-12(13)16-14(18)11-15/h3-6H,7-11H2,1-2H3. The molecule has 0 radical (unpaired) electrons. The zero-order chi connectivity index (χ0) is 13.7. The Labute approximate surface area is 118 Å². The summed E-state index contributed by atoms with van der Waals surface area (Å²) in [4.78, 5) is 6.81. The Bertz CT molecular complexity index is 526. The molecule has 0 spiro atoms. The fourth-order valence-electron chi connectivity index (χ4n) is 2.11. The van der Waals surface area contributed by atoms with Gasteiger partial charge in [-0.1, -0.05) is 12.1 Å². The van der Waals surface area contributed by atoms with Crippen LogP contribution < -0.4 is 0 Å². The number of fused-ring (bicyclic) bond motifs is 1. The largest absolute Gasteiger partial charge is 0.383 e. The number of ether oxygens (including phenoxy) is 1.